The summed E-state index contributed by atoms with van der Waals surface area (Å²) in [4.78, 5) is 25.0. The number of aliphatic hydroxyl groups is 2. The summed E-state index contributed by atoms with van der Waals surface area (Å²) in [6.45, 7) is 1.17. The molecule has 0 aromatic carbocycles. The minimum absolute atomic E-state index is 0.311. The van der Waals surface area contributed by atoms with Crippen molar-refractivity contribution in [1.29, 1.82) is 0 Å². The molecule has 1 aromatic rings. The minimum atomic E-state index is -1.13. The van der Waals surface area contributed by atoms with Gasteiger partial charge in [0.1, 0.15) is 12.2 Å². The van der Waals surface area contributed by atoms with Gasteiger partial charge in [0.15, 0.2) is 6.23 Å². The Labute approximate surface area is 102 Å². The lowest BCUT2D eigenvalue weighted by Gasteiger charge is -2.17. The standard InChI is InChI=1S/C10H15N3O5/c1-4-2-13(10(17)12-8(4)16)9-7(15)6(11)5(3-14)18-9/h2,5-7,9,14-15H,3,11H2,1H3,(H,12,16,17)/t5-,6?,7+,9-/m1/s1. The molecule has 0 radical (unpaired) electrons. The number of H-pyrrole nitrogens is 1. The molecule has 1 aliphatic rings. The summed E-state index contributed by atoms with van der Waals surface area (Å²) in [7, 11) is 0. The van der Waals surface area contributed by atoms with Gasteiger partial charge in [0.25, 0.3) is 5.56 Å². The zero-order valence-electron chi connectivity index (χ0n) is 9.74. The molecule has 0 saturated carbocycles. The lowest BCUT2D eigenvalue weighted by Crippen LogP contribution is -2.42. The van der Waals surface area contributed by atoms with Crippen LogP contribution in [0.4, 0.5) is 0 Å². The van der Waals surface area contributed by atoms with Crippen LogP contribution >= 0.6 is 0 Å². The van der Waals surface area contributed by atoms with Crippen LogP contribution < -0.4 is 17.0 Å². The molecule has 2 heterocycles. The van der Waals surface area contributed by atoms with E-state index < -0.39 is 35.7 Å². The van der Waals surface area contributed by atoms with Crippen LogP contribution in [0.2, 0.25) is 0 Å². The van der Waals surface area contributed by atoms with E-state index in [1.54, 1.807) is 0 Å². The average molecular weight is 257 g/mol. The Bertz CT molecular complexity index is 551. The fourth-order valence-corrected chi connectivity index (χ4v) is 1.93. The zero-order valence-corrected chi connectivity index (χ0v) is 9.74. The first-order valence-electron chi connectivity index (χ1n) is 5.47. The van der Waals surface area contributed by atoms with Crippen molar-refractivity contribution in [3.05, 3.63) is 32.6 Å². The number of hydrogen-bond acceptors (Lipinski definition) is 6. The zero-order chi connectivity index (χ0) is 13.4. The van der Waals surface area contributed by atoms with Gasteiger partial charge in [-0.3, -0.25) is 14.3 Å². The summed E-state index contributed by atoms with van der Waals surface area (Å²) in [5, 5.41) is 18.9. The summed E-state index contributed by atoms with van der Waals surface area (Å²) < 4.78 is 6.38. The first kappa shape index (κ1) is 13.0. The van der Waals surface area contributed by atoms with Crippen molar-refractivity contribution in [2.75, 3.05) is 6.61 Å². The van der Waals surface area contributed by atoms with Crippen LogP contribution in [0, 0.1) is 6.92 Å². The van der Waals surface area contributed by atoms with Gasteiger partial charge >= 0.3 is 5.69 Å². The third kappa shape index (κ3) is 1.99. The number of nitrogens with two attached hydrogens (primary N) is 1. The maximum atomic E-state index is 11.6. The van der Waals surface area contributed by atoms with Gasteiger partial charge in [-0.25, -0.2) is 4.79 Å². The van der Waals surface area contributed by atoms with Gasteiger partial charge in [0.2, 0.25) is 0 Å². The Morgan fingerprint density at radius 1 is 1.56 bits per heavy atom. The van der Waals surface area contributed by atoms with Crippen LogP contribution in [0.15, 0.2) is 15.8 Å². The lowest BCUT2D eigenvalue weighted by atomic mass is 10.1. The number of aliphatic hydroxyl groups excluding tert-OH is 2. The molecule has 4 atom stereocenters. The molecule has 1 aromatic heterocycles. The largest absolute Gasteiger partial charge is 0.394 e. The molecule has 8 nitrogen and oxygen atoms in total. The molecule has 1 aliphatic heterocycles. The topological polar surface area (TPSA) is 131 Å². The third-order valence-corrected chi connectivity index (χ3v) is 3.03. The molecule has 100 valence electrons. The first-order valence-corrected chi connectivity index (χ1v) is 5.47. The van der Waals surface area contributed by atoms with E-state index in [-0.39, 0.29) is 6.61 Å². The number of aromatic nitrogens is 2. The molecule has 0 amide bonds. The van der Waals surface area contributed by atoms with E-state index in [1.165, 1.54) is 13.1 Å². The van der Waals surface area contributed by atoms with Crippen molar-refractivity contribution in [1.82, 2.24) is 9.55 Å². The van der Waals surface area contributed by atoms with Crippen LogP contribution in [0.5, 0.6) is 0 Å². The second-order valence-corrected chi connectivity index (χ2v) is 4.29. The van der Waals surface area contributed by atoms with E-state index in [0.717, 1.165) is 4.57 Å². The van der Waals surface area contributed by atoms with Crippen LogP contribution in [0.3, 0.4) is 0 Å². The molecule has 1 fully saturated rings. The highest BCUT2D eigenvalue weighted by Crippen LogP contribution is 2.26. The van der Waals surface area contributed by atoms with E-state index in [1.807, 2.05) is 0 Å². The summed E-state index contributed by atoms with van der Waals surface area (Å²) in [6.07, 6.45) is -1.60. The van der Waals surface area contributed by atoms with Crippen molar-refractivity contribution < 1.29 is 14.9 Å². The van der Waals surface area contributed by atoms with Gasteiger partial charge in [-0.15, -0.1) is 0 Å². The molecule has 1 saturated heterocycles. The summed E-state index contributed by atoms with van der Waals surface area (Å²) in [5.74, 6) is 0. The maximum Gasteiger partial charge on any atom is 0.330 e. The second-order valence-electron chi connectivity index (χ2n) is 4.29. The number of aromatic amines is 1. The van der Waals surface area contributed by atoms with E-state index in [4.69, 9.17) is 15.6 Å². The van der Waals surface area contributed by atoms with Crippen LogP contribution in [0.1, 0.15) is 11.8 Å². The Kier molecular flexibility index (Phi) is 3.35. The van der Waals surface area contributed by atoms with Crippen LogP contribution in [-0.2, 0) is 4.74 Å². The fourth-order valence-electron chi connectivity index (χ4n) is 1.93. The summed E-state index contributed by atoms with van der Waals surface area (Å²) in [5.41, 5.74) is 4.78. The van der Waals surface area contributed by atoms with Crippen molar-refractivity contribution in [3.63, 3.8) is 0 Å². The summed E-state index contributed by atoms with van der Waals surface area (Å²) in [6, 6.07) is -0.792. The average Bonchev–Trinajstić information content (AvgIpc) is 2.61. The highest BCUT2D eigenvalue weighted by Gasteiger charge is 2.42. The van der Waals surface area contributed by atoms with Crippen molar-refractivity contribution in [2.45, 2.75) is 31.4 Å². The molecular formula is C10H15N3O5. The number of aryl methyl sites for hydroxylation is 1. The molecule has 0 spiro atoms. The quantitative estimate of drug-likeness (QED) is 0.460. The first-order chi connectivity index (χ1) is 8.45. The fraction of sp³-hybridized carbons (Fsp3) is 0.600. The monoisotopic (exact) mass is 257 g/mol. The third-order valence-electron chi connectivity index (χ3n) is 3.03. The van der Waals surface area contributed by atoms with E-state index in [0.29, 0.717) is 5.56 Å². The van der Waals surface area contributed by atoms with Gasteiger partial charge in [-0.1, -0.05) is 0 Å². The molecule has 2 rings (SSSR count). The second kappa shape index (κ2) is 4.65. The molecular weight excluding hydrogens is 242 g/mol. The van der Waals surface area contributed by atoms with Crippen molar-refractivity contribution >= 4 is 0 Å². The number of rotatable bonds is 2. The minimum Gasteiger partial charge on any atom is -0.394 e. The van der Waals surface area contributed by atoms with E-state index >= 15 is 0 Å². The normalized spacial score (nSPS) is 31.8. The number of nitrogens with one attached hydrogen (secondary N) is 1. The molecule has 0 bridgehead atoms. The number of nitrogens with zero attached hydrogens (tertiary/aromatic N) is 1. The Balaban J connectivity index is 2.42. The van der Waals surface area contributed by atoms with Crippen molar-refractivity contribution in [3.8, 4) is 0 Å². The molecule has 5 N–H and O–H groups in total. The Morgan fingerprint density at radius 3 is 2.78 bits per heavy atom. The molecule has 0 aliphatic carbocycles. The predicted molar refractivity (Wildman–Crippen MR) is 61.0 cm³/mol. The van der Waals surface area contributed by atoms with E-state index in [2.05, 4.69) is 4.98 Å². The highest BCUT2D eigenvalue weighted by atomic mass is 16.5. The Morgan fingerprint density at radius 2 is 2.22 bits per heavy atom. The highest BCUT2D eigenvalue weighted by molar-refractivity contribution is 5.03. The SMILES string of the molecule is Cc1cn([C@@H]2O[C@H](CO)C(N)[C@@H]2O)c(=O)[nH]c1=O. The lowest BCUT2D eigenvalue weighted by molar-refractivity contribution is -0.0532. The maximum absolute atomic E-state index is 11.6. The van der Waals surface area contributed by atoms with Gasteiger partial charge in [0.05, 0.1) is 12.6 Å². The van der Waals surface area contributed by atoms with Gasteiger partial charge < -0.3 is 20.7 Å². The van der Waals surface area contributed by atoms with Crippen LogP contribution in [-0.4, -0.2) is 44.6 Å². The number of hydrogen-bond donors (Lipinski definition) is 4. The van der Waals surface area contributed by atoms with Gasteiger partial charge in [0, 0.05) is 11.8 Å². The van der Waals surface area contributed by atoms with E-state index in [9.17, 15) is 14.7 Å². The molecule has 8 heteroatoms. The molecule has 1 unspecified atom stereocenters. The number of ether oxygens (including phenoxy) is 1. The molecule has 18 heavy (non-hydrogen) atoms. The van der Waals surface area contributed by atoms with Gasteiger partial charge in [-0.2, -0.15) is 0 Å². The van der Waals surface area contributed by atoms with Gasteiger partial charge in [-0.05, 0) is 6.92 Å². The summed E-state index contributed by atoms with van der Waals surface area (Å²) >= 11 is 0. The predicted octanol–water partition coefficient (Wildman–Crippen LogP) is -2.58. The van der Waals surface area contributed by atoms with Crippen molar-refractivity contribution in [2.24, 2.45) is 5.73 Å². The smallest absolute Gasteiger partial charge is 0.330 e. The van der Waals surface area contributed by atoms with Crippen LogP contribution in [0.25, 0.3) is 0 Å². The Hall–Kier alpha value is -1.48.